The Bertz CT molecular complexity index is 417. The van der Waals surface area contributed by atoms with Gasteiger partial charge in [0.15, 0.2) is 6.10 Å². The molecule has 1 amide bonds. The van der Waals surface area contributed by atoms with Gasteiger partial charge in [-0.2, -0.15) is 0 Å². The lowest BCUT2D eigenvalue weighted by molar-refractivity contribution is -0.136. The van der Waals surface area contributed by atoms with E-state index >= 15 is 0 Å². The van der Waals surface area contributed by atoms with Crippen LogP contribution in [0.4, 0.5) is 0 Å². The average molecular weight is 237 g/mol. The van der Waals surface area contributed by atoms with Gasteiger partial charge in [-0.05, 0) is 13.0 Å². The molecular formula is C12H15NO4. The van der Waals surface area contributed by atoms with Crippen molar-refractivity contribution < 1.29 is 19.4 Å². The first-order chi connectivity index (χ1) is 8.04. The van der Waals surface area contributed by atoms with E-state index < -0.39 is 12.1 Å². The van der Waals surface area contributed by atoms with E-state index in [1.165, 1.54) is 7.05 Å². The van der Waals surface area contributed by atoms with E-state index in [0.717, 1.165) is 0 Å². The number of carbonyl (C=O) groups excluding carboxylic acids is 1. The number of hydrogen-bond donors (Lipinski definition) is 2. The summed E-state index contributed by atoms with van der Waals surface area (Å²) < 4.78 is 5.42. The summed E-state index contributed by atoms with van der Waals surface area (Å²) in [5.74, 6) is -0.769. The minimum absolute atomic E-state index is 0.128. The normalized spacial score (nSPS) is 11.6. The van der Waals surface area contributed by atoms with Gasteiger partial charge in [-0.25, -0.2) is 0 Å². The van der Waals surface area contributed by atoms with Crippen LogP contribution in [-0.4, -0.2) is 30.1 Å². The number of carboxylic acids is 1. The van der Waals surface area contributed by atoms with E-state index in [0.29, 0.717) is 11.3 Å². The Morgan fingerprint density at radius 2 is 2.06 bits per heavy atom. The fourth-order valence-electron chi connectivity index (χ4n) is 1.38. The molecule has 0 aliphatic rings. The molecule has 17 heavy (non-hydrogen) atoms. The predicted molar refractivity (Wildman–Crippen MR) is 61.9 cm³/mol. The molecule has 0 saturated heterocycles. The molecule has 1 atom stereocenters. The summed E-state index contributed by atoms with van der Waals surface area (Å²) in [4.78, 5) is 22.0. The molecule has 92 valence electrons. The van der Waals surface area contributed by atoms with Crippen LogP contribution in [0.3, 0.4) is 0 Å². The SMILES string of the molecule is CNC(=O)C(C)Oc1ccccc1CC(=O)O. The Hall–Kier alpha value is -2.04. The maximum absolute atomic E-state index is 11.3. The molecule has 1 unspecified atom stereocenters. The average Bonchev–Trinajstić information content (AvgIpc) is 2.29. The second-order valence-corrected chi connectivity index (χ2v) is 3.55. The van der Waals surface area contributed by atoms with E-state index in [9.17, 15) is 9.59 Å². The van der Waals surface area contributed by atoms with E-state index in [2.05, 4.69) is 5.32 Å². The molecule has 0 fully saturated rings. The lowest BCUT2D eigenvalue weighted by Crippen LogP contribution is -2.34. The molecule has 0 aromatic heterocycles. The van der Waals surface area contributed by atoms with E-state index in [-0.39, 0.29) is 12.3 Å². The highest BCUT2D eigenvalue weighted by Gasteiger charge is 2.15. The van der Waals surface area contributed by atoms with Gasteiger partial charge in [-0.15, -0.1) is 0 Å². The number of para-hydroxylation sites is 1. The number of hydrogen-bond acceptors (Lipinski definition) is 3. The van der Waals surface area contributed by atoms with Crippen molar-refractivity contribution in [1.82, 2.24) is 5.32 Å². The van der Waals surface area contributed by atoms with Crippen molar-refractivity contribution in [2.45, 2.75) is 19.4 Å². The summed E-state index contributed by atoms with van der Waals surface area (Å²) in [5, 5.41) is 11.2. The van der Waals surface area contributed by atoms with E-state index in [4.69, 9.17) is 9.84 Å². The standard InChI is InChI=1S/C12H15NO4/c1-8(12(16)13-2)17-10-6-4-3-5-9(10)7-11(14)15/h3-6,8H,7H2,1-2H3,(H,13,16)(H,14,15). The molecule has 0 radical (unpaired) electrons. The minimum Gasteiger partial charge on any atom is -0.481 e. The highest BCUT2D eigenvalue weighted by molar-refractivity contribution is 5.80. The van der Waals surface area contributed by atoms with Gasteiger partial charge >= 0.3 is 5.97 Å². The number of likely N-dealkylation sites (N-methyl/N-ethyl adjacent to an activating group) is 1. The van der Waals surface area contributed by atoms with Crippen molar-refractivity contribution in [3.8, 4) is 5.75 Å². The van der Waals surface area contributed by atoms with Crippen molar-refractivity contribution in [3.63, 3.8) is 0 Å². The third-order valence-electron chi connectivity index (χ3n) is 2.23. The van der Waals surface area contributed by atoms with Crippen LogP contribution in [0.15, 0.2) is 24.3 Å². The highest BCUT2D eigenvalue weighted by Crippen LogP contribution is 2.19. The van der Waals surface area contributed by atoms with E-state index in [1.807, 2.05) is 0 Å². The van der Waals surface area contributed by atoms with Gasteiger partial charge in [0.05, 0.1) is 6.42 Å². The largest absolute Gasteiger partial charge is 0.481 e. The lowest BCUT2D eigenvalue weighted by atomic mass is 10.1. The van der Waals surface area contributed by atoms with Gasteiger partial charge in [-0.1, -0.05) is 18.2 Å². The molecule has 5 nitrogen and oxygen atoms in total. The van der Waals surface area contributed by atoms with Crippen LogP contribution >= 0.6 is 0 Å². The molecule has 2 N–H and O–H groups in total. The number of benzene rings is 1. The minimum atomic E-state index is -0.936. The lowest BCUT2D eigenvalue weighted by Gasteiger charge is -2.15. The molecule has 1 aromatic rings. The third-order valence-corrected chi connectivity index (χ3v) is 2.23. The predicted octanol–water partition coefficient (Wildman–Crippen LogP) is 0.827. The molecule has 0 saturated carbocycles. The Labute approximate surface area is 99.4 Å². The quantitative estimate of drug-likeness (QED) is 0.795. The zero-order valence-electron chi connectivity index (χ0n) is 9.77. The van der Waals surface area contributed by atoms with E-state index in [1.54, 1.807) is 31.2 Å². The van der Waals surface area contributed by atoms with Gasteiger partial charge in [0, 0.05) is 12.6 Å². The monoisotopic (exact) mass is 237 g/mol. The molecule has 0 aliphatic carbocycles. The third kappa shape index (κ3) is 3.79. The van der Waals surface area contributed by atoms with Crippen molar-refractivity contribution in [2.24, 2.45) is 0 Å². The number of rotatable bonds is 5. The van der Waals surface area contributed by atoms with Crippen LogP contribution in [-0.2, 0) is 16.0 Å². The number of ether oxygens (including phenoxy) is 1. The Balaban J connectivity index is 2.83. The summed E-state index contributed by atoms with van der Waals surface area (Å²) in [6, 6.07) is 6.78. The summed E-state index contributed by atoms with van der Waals surface area (Å²) in [6.45, 7) is 1.61. The van der Waals surface area contributed by atoms with Gasteiger partial charge in [0.2, 0.25) is 0 Å². The zero-order valence-corrected chi connectivity index (χ0v) is 9.77. The van der Waals surface area contributed by atoms with Crippen LogP contribution < -0.4 is 10.1 Å². The first-order valence-electron chi connectivity index (χ1n) is 5.22. The summed E-state index contributed by atoms with van der Waals surface area (Å²) in [7, 11) is 1.52. The maximum Gasteiger partial charge on any atom is 0.307 e. The number of carboxylic acid groups (broad SMARTS) is 1. The smallest absolute Gasteiger partial charge is 0.307 e. The van der Waals surface area contributed by atoms with Crippen LogP contribution in [0.25, 0.3) is 0 Å². The Morgan fingerprint density at radius 3 is 2.65 bits per heavy atom. The Kier molecular flexibility index (Phi) is 4.51. The molecule has 0 bridgehead atoms. The topological polar surface area (TPSA) is 75.6 Å². The van der Waals surface area contributed by atoms with Crippen LogP contribution in [0, 0.1) is 0 Å². The van der Waals surface area contributed by atoms with Gasteiger partial charge < -0.3 is 15.2 Å². The summed E-state index contributed by atoms with van der Waals surface area (Å²) >= 11 is 0. The second kappa shape index (κ2) is 5.89. The number of amides is 1. The first kappa shape index (κ1) is 13.0. The van der Waals surface area contributed by atoms with Crippen LogP contribution in [0.1, 0.15) is 12.5 Å². The summed E-state index contributed by atoms with van der Waals surface area (Å²) in [5.41, 5.74) is 0.552. The highest BCUT2D eigenvalue weighted by atomic mass is 16.5. The molecule has 1 aromatic carbocycles. The fraction of sp³-hybridized carbons (Fsp3) is 0.333. The van der Waals surface area contributed by atoms with Crippen molar-refractivity contribution in [1.29, 1.82) is 0 Å². The van der Waals surface area contributed by atoms with Gasteiger partial charge in [0.1, 0.15) is 5.75 Å². The Morgan fingerprint density at radius 1 is 1.41 bits per heavy atom. The number of nitrogens with one attached hydrogen (secondary N) is 1. The molecule has 1 rings (SSSR count). The maximum atomic E-state index is 11.3. The molecule has 5 heteroatoms. The first-order valence-corrected chi connectivity index (χ1v) is 5.22. The van der Waals surface area contributed by atoms with Crippen molar-refractivity contribution in [3.05, 3.63) is 29.8 Å². The zero-order chi connectivity index (χ0) is 12.8. The van der Waals surface area contributed by atoms with Crippen molar-refractivity contribution in [2.75, 3.05) is 7.05 Å². The molecule has 0 spiro atoms. The van der Waals surface area contributed by atoms with Crippen LogP contribution in [0.2, 0.25) is 0 Å². The summed E-state index contributed by atoms with van der Waals surface area (Å²) in [6.07, 6.45) is -0.786. The van der Waals surface area contributed by atoms with Gasteiger partial charge in [0.25, 0.3) is 5.91 Å². The second-order valence-electron chi connectivity index (χ2n) is 3.55. The molecule has 0 aliphatic heterocycles. The van der Waals surface area contributed by atoms with Gasteiger partial charge in [-0.3, -0.25) is 9.59 Å². The fourth-order valence-corrected chi connectivity index (χ4v) is 1.38. The van der Waals surface area contributed by atoms with Crippen LogP contribution in [0.5, 0.6) is 5.75 Å². The molecule has 0 heterocycles. The number of aliphatic carboxylic acids is 1. The molecular weight excluding hydrogens is 222 g/mol. The van der Waals surface area contributed by atoms with Crippen molar-refractivity contribution >= 4 is 11.9 Å². The number of carbonyl (C=O) groups is 2.